The van der Waals surface area contributed by atoms with E-state index in [0.29, 0.717) is 5.92 Å². The average molecular weight is 205 g/mol. The van der Waals surface area contributed by atoms with Crippen molar-refractivity contribution in [2.75, 3.05) is 0 Å². The summed E-state index contributed by atoms with van der Waals surface area (Å²) in [5.41, 5.74) is 0.792. The Balaban J connectivity index is 2.16. The Bertz CT molecular complexity index is 366. The quantitative estimate of drug-likeness (QED) is 0.719. The third kappa shape index (κ3) is 1.45. The highest BCUT2D eigenvalue weighted by molar-refractivity contribution is 5.69. The molecular weight excluding hydrogens is 190 g/mol. The number of allylic oxidation sites excluding steroid dienone is 2. The zero-order chi connectivity index (χ0) is 11.1. The fourth-order valence-corrected chi connectivity index (χ4v) is 3.06. The summed E-state index contributed by atoms with van der Waals surface area (Å²) >= 11 is 0. The molecule has 0 heterocycles. The second-order valence-corrected chi connectivity index (χ2v) is 4.71. The topological polar surface area (TPSA) is 61.1 Å². The molecule has 1 saturated carbocycles. The molecule has 15 heavy (non-hydrogen) atoms. The molecule has 3 heteroatoms. The lowest BCUT2D eigenvalue weighted by atomic mass is 9.54. The number of hydrogen-bond acceptors (Lipinski definition) is 2. The molecule has 0 radical (unpaired) electrons. The fourth-order valence-electron chi connectivity index (χ4n) is 3.06. The van der Waals surface area contributed by atoms with Crippen LogP contribution < -0.4 is 0 Å². The van der Waals surface area contributed by atoms with Crippen molar-refractivity contribution in [2.24, 2.45) is 17.3 Å². The van der Waals surface area contributed by atoms with Gasteiger partial charge in [-0.2, -0.15) is 5.26 Å². The van der Waals surface area contributed by atoms with E-state index in [0.717, 1.165) is 19.3 Å². The molecule has 0 amide bonds. The summed E-state index contributed by atoms with van der Waals surface area (Å²) < 4.78 is 0. The van der Waals surface area contributed by atoms with E-state index >= 15 is 0 Å². The second kappa shape index (κ2) is 3.37. The normalized spacial score (nSPS) is 37.5. The maximum Gasteiger partial charge on any atom is 0.304 e. The molecule has 3 atom stereocenters. The first-order chi connectivity index (χ1) is 7.11. The van der Waals surface area contributed by atoms with Crippen LogP contribution in [0.3, 0.4) is 0 Å². The molecule has 0 aromatic heterocycles. The van der Waals surface area contributed by atoms with Gasteiger partial charge in [-0.1, -0.05) is 18.6 Å². The minimum atomic E-state index is -0.853. The number of rotatable bonds is 3. The Morgan fingerprint density at radius 1 is 1.80 bits per heavy atom. The van der Waals surface area contributed by atoms with E-state index in [-0.39, 0.29) is 12.3 Å². The minimum Gasteiger partial charge on any atom is -0.481 e. The number of carboxylic acids is 1. The maximum absolute atomic E-state index is 10.7. The van der Waals surface area contributed by atoms with E-state index in [1.165, 1.54) is 5.57 Å². The van der Waals surface area contributed by atoms with Gasteiger partial charge in [0.25, 0.3) is 0 Å². The molecule has 0 aromatic rings. The molecule has 0 saturated heterocycles. The molecule has 80 valence electrons. The molecular formula is C12H15NO2. The maximum atomic E-state index is 10.7. The number of nitriles is 1. The van der Waals surface area contributed by atoms with Crippen LogP contribution in [-0.2, 0) is 4.79 Å². The van der Waals surface area contributed by atoms with Crippen LogP contribution in [0.25, 0.3) is 0 Å². The van der Waals surface area contributed by atoms with Gasteiger partial charge in [-0.15, -0.1) is 0 Å². The molecule has 1 fully saturated rings. The van der Waals surface area contributed by atoms with E-state index in [1.807, 2.05) is 0 Å². The predicted molar refractivity (Wildman–Crippen MR) is 54.9 cm³/mol. The molecule has 0 spiro atoms. The summed E-state index contributed by atoms with van der Waals surface area (Å²) in [6, 6.07) is 2.24. The van der Waals surface area contributed by atoms with Crippen LogP contribution >= 0.6 is 0 Å². The summed E-state index contributed by atoms with van der Waals surface area (Å²) in [5.74, 6) is -0.110. The first-order valence-corrected chi connectivity index (χ1v) is 5.44. The van der Waals surface area contributed by atoms with E-state index in [1.54, 1.807) is 0 Å². The van der Waals surface area contributed by atoms with Gasteiger partial charge in [0.2, 0.25) is 0 Å². The van der Waals surface area contributed by atoms with E-state index in [9.17, 15) is 4.79 Å². The lowest BCUT2D eigenvalue weighted by molar-refractivity contribution is -0.142. The van der Waals surface area contributed by atoms with Crippen LogP contribution in [0.5, 0.6) is 0 Å². The van der Waals surface area contributed by atoms with Crippen LogP contribution in [0, 0.1) is 28.6 Å². The van der Waals surface area contributed by atoms with Crippen molar-refractivity contribution in [1.29, 1.82) is 5.26 Å². The highest BCUT2D eigenvalue weighted by Crippen LogP contribution is 2.59. The van der Waals surface area contributed by atoms with Crippen LogP contribution in [0.2, 0.25) is 0 Å². The van der Waals surface area contributed by atoms with Crippen molar-refractivity contribution < 1.29 is 9.90 Å². The minimum absolute atomic E-state index is 0.00182. The van der Waals surface area contributed by atoms with Crippen LogP contribution in [0.15, 0.2) is 11.6 Å². The number of hydrogen-bond donors (Lipinski definition) is 1. The highest BCUT2D eigenvalue weighted by atomic mass is 16.4. The number of aliphatic carboxylic acids is 1. The largest absolute Gasteiger partial charge is 0.481 e. The van der Waals surface area contributed by atoms with Crippen LogP contribution in [-0.4, -0.2) is 11.1 Å². The van der Waals surface area contributed by atoms with Gasteiger partial charge in [0.05, 0.1) is 17.9 Å². The zero-order valence-corrected chi connectivity index (χ0v) is 8.86. The molecule has 0 bridgehead atoms. The van der Waals surface area contributed by atoms with Crippen molar-refractivity contribution in [3.63, 3.8) is 0 Å². The summed E-state index contributed by atoms with van der Waals surface area (Å²) in [5, 5.41) is 18.0. The monoisotopic (exact) mass is 205 g/mol. The van der Waals surface area contributed by atoms with Gasteiger partial charge in [-0.25, -0.2) is 0 Å². The number of fused-ring (bicyclic) bond motifs is 1. The van der Waals surface area contributed by atoms with E-state index in [2.05, 4.69) is 19.1 Å². The molecule has 0 aliphatic heterocycles. The molecule has 0 unspecified atom stereocenters. The Morgan fingerprint density at radius 2 is 2.53 bits per heavy atom. The second-order valence-electron chi connectivity index (χ2n) is 4.71. The van der Waals surface area contributed by atoms with Gasteiger partial charge in [-0.3, -0.25) is 4.79 Å². The SMILES string of the molecule is CCC1=C[C@@H]2[C@H](C1)C[C@]2(C#N)CC(=O)O. The standard InChI is InChI=1S/C12H15NO2/c1-2-8-3-9-5-12(7-13,6-11(14)15)10(9)4-8/h4,9-10H,2-3,5-6H2,1H3,(H,14,15)/t9-,10-,12-/m1/s1. The highest BCUT2D eigenvalue weighted by Gasteiger charge is 2.56. The van der Waals surface area contributed by atoms with Crippen molar-refractivity contribution in [3.05, 3.63) is 11.6 Å². The van der Waals surface area contributed by atoms with Gasteiger partial charge in [0.15, 0.2) is 0 Å². The van der Waals surface area contributed by atoms with Crippen molar-refractivity contribution in [1.82, 2.24) is 0 Å². The summed E-state index contributed by atoms with van der Waals surface area (Å²) in [6.45, 7) is 2.11. The van der Waals surface area contributed by atoms with Gasteiger partial charge >= 0.3 is 5.97 Å². The van der Waals surface area contributed by atoms with Gasteiger partial charge < -0.3 is 5.11 Å². The van der Waals surface area contributed by atoms with Gasteiger partial charge in [0.1, 0.15) is 0 Å². The molecule has 3 nitrogen and oxygen atoms in total. The summed E-state index contributed by atoms with van der Waals surface area (Å²) in [6.07, 6.45) is 5.02. The molecule has 1 N–H and O–H groups in total. The summed E-state index contributed by atoms with van der Waals surface area (Å²) in [4.78, 5) is 10.7. The van der Waals surface area contributed by atoms with Crippen molar-refractivity contribution in [2.45, 2.75) is 32.6 Å². The van der Waals surface area contributed by atoms with E-state index < -0.39 is 11.4 Å². The Kier molecular flexibility index (Phi) is 2.30. The zero-order valence-electron chi connectivity index (χ0n) is 8.86. The molecule has 2 aliphatic carbocycles. The van der Waals surface area contributed by atoms with Crippen LogP contribution in [0.4, 0.5) is 0 Å². The van der Waals surface area contributed by atoms with Crippen molar-refractivity contribution in [3.8, 4) is 6.07 Å². The predicted octanol–water partition coefficient (Wildman–Crippen LogP) is 2.35. The third-order valence-corrected chi connectivity index (χ3v) is 3.86. The first kappa shape index (κ1) is 10.2. The number of carboxylic acid groups (broad SMARTS) is 1. The van der Waals surface area contributed by atoms with Gasteiger partial charge in [-0.05, 0) is 31.1 Å². The van der Waals surface area contributed by atoms with E-state index in [4.69, 9.17) is 10.4 Å². The Hall–Kier alpha value is -1.30. The first-order valence-electron chi connectivity index (χ1n) is 5.44. The third-order valence-electron chi connectivity index (χ3n) is 3.86. The average Bonchev–Trinajstić information content (AvgIpc) is 2.53. The molecule has 0 aromatic carbocycles. The number of carbonyl (C=O) groups is 1. The summed E-state index contributed by atoms with van der Waals surface area (Å²) in [7, 11) is 0. The molecule has 2 aliphatic rings. The lowest BCUT2D eigenvalue weighted by Crippen LogP contribution is -2.45. The lowest BCUT2D eigenvalue weighted by Gasteiger charge is -2.46. The Morgan fingerprint density at radius 3 is 3.07 bits per heavy atom. The van der Waals surface area contributed by atoms with Crippen LogP contribution in [0.1, 0.15) is 32.6 Å². The smallest absolute Gasteiger partial charge is 0.304 e. The van der Waals surface area contributed by atoms with Crippen molar-refractivity contribution >= 4 is 5.97 Å². The molecule has 2 rings (SSSR count). The fraction of sp³-hybridized carbons (Fsp3) is 0.667. The number of nitrogens with zero attached hydrogens (tertiary/aromatic N) is 1. The van der Waals surface area contributed by atoms with Gasteiger partial charge in [0, 0.05) is 0 Å². The Labute approximate surface area is 89.4 Å².